The highest BCUT2D eigenvalue weighted by Crippen LogP contribution is 2.23. The molecule has 0 aliphatic heterocycles. The minimum absolute atomic E-state index is 0.0235. The van der Waals surface area contributed by atoms with Gasteiger partial charge in [0.05, 0.1) is 0 Å². The summed E-state index contributed by atoms with van der Waals surface area (Å²) >= 11 is 0. The van der Waals surface area contributed by atoms with Crippen LogP contribution >= 0.6 is 0 Å². The van der Waals surface area contributed by atoms with Crippen molar-refractivity contribution < 1.29 is 30.6 Å². The zero-order valence-corrected chi connectivity index (χ0v) is 13.9. The quantitative estimate of drug-likeness (QED) is 0.533. The lowest BCUT2D eigenvalue weighted by Crippen LogP contribution is -2.20. The average molecular weight is 396 g/mol. The maximum Gasteiger partial charge on any atom is 0.482 e. The first-order chi connectivity index (χ1) is 12.0. The molecular formula is C16H14F6N2OS. The van der Waals surface area contributed by atoms with Crippen LogP contribution in [0.3, 0.4) is 0 Å². The summed E-state index contributed by atoms with van der Waals surface area (Å²) in [5.41, 5.74) is 0.482. The molecule has 0 amide bonds. The van der Waals surface area contributed by atoms with E-state index in [4.69, 9.17) is 0 Å². The van der Waals surface area contributed by atoms with Crippen molar-refractivity contribution in [2.45, 2.75) is 24.1 Å². The zero-order valence-electron chi connectivity index (χ0n) is 13.1. The summed E-state index contributed by atoms with van der Waals surface area (Å²) in [6.07, 6.45) is -9.16. The number of hydrogen-bond acceptors (Lipinski definition) is 3. The third kappa shape index (κ3) is 7.34. The molecule has 2 aromatic rings. The second-order valence-corrected chi connectivity index (χ2v) is 6.83. The molecule has 0 fully saturated rings. The van der Waals surface area contributed by atoms with Crippen LogP contribution in [0.5, 0.6) is 0 Å². The molecule has 0 atom stereocenters. The molecule has 0 aromatic heterocycles. The van der Waals surface area contributed by atoms with Gasteiger partial charge in [0.15, 0.2) is 0 Å². The molecule has 26 heavy (non-hydrogen) atoms. The van der Waals surface area contributed by atoms with Crippen LogP contribution in [-0.4, -0.2) is 16.8 Å². The molecule has 142 valence electrons. The summed E-state index contributed by atoms with van der Waals surface area (Å²) in [4.78, 5) is 0. The Hall–Kier alpha value is -2.23. The standard InChI is InChI=1S/C16H14F6N2OS/c17-15(18,19)23-13-5-1-3-11(7-13)9-26(25)10-12-4-2-6-14(8-12)24-16(20,21)22/h1-8,23-24H,9-10H2. The van der Waals surface area contributed by atoms with Crippen molar-refractivity contribution in [2.24, 2.45) is 0 Å². The number of benzene rings is 2. The Bertz CT molecular complexity index is 712. The Morgan fingerprint density at radius 1 is 0.731 bits per heavy atom. The van der Waals surface area contributed by atoms with Gasteiger partial charge >= 0.3 is 12.6 Å². The summed E-state index contributed by atoms with van der Waals surface area (Å²) in [5.74, 6) is -0.0470. The highest BCUT2D eigenvalue weighted by Gasteiger charge is 2.27. The fraction of sp³-hybridized carbons (Fsp3) is 0.250. The summed E-state index contributed by atoms with van der Waals surface area (Å²) in [7, 11) is -1.50. The Morgan fingerprint density at radius 3 is 1.46 bits per heavy atom. The molecule has 2 aromatic carbocycles. The van der Waals surface area contributed by atoms with Crippen molar-refractivity contribution in [1.82, 2.24) is 0 Å². The Balaban J connectivity index is 2.01. The van der Waals surface area contributed by atoms with Gasteiger partial charge in [0.25, 0.3) is 0 Å². The van der Waals surface area contributed by atoms with Crippen LogP contribution in [0.25, 0.3) is 0 Å². The van der Waals surface area contributed by atoms with Crippen LogP contribution in [-0.2, 0) is 22.3 Å². The number of anilines is 2. The molecule has 0 aliphatic carbocycles. The molecule has 0 heterocycles. The lowest BCUT2D eigenvalue weighted by molar-refractivity contribution is -0.101. The second kappa shape index (κ2) is 7.98. The van der Waals surface area contributed by atoms with Crippen molar-refractivity contribution in [2.75, 3.05) is 10.6 Å². The van der Waals surface area contributed by atoms with E-state index in [-0.39, 0.29) is 22.9 Å². The van der Waals surface area contributed by atoms with Gasteiger partial charge in [-0.1, -0.05) is 24.3 Å². The molecule has 0 bridgehead atoms. The van der Waals surface area contributed by atoms with Crippen LogP contribution in [0, 0.1) is 0 Å². The van der Waals surface area contributed by atoms with Crippen LogP contribution in [0.1, 0.15) is 11.1 Å². The largest absolute Gasteiger partial charge is 0.482 e. The van der Waals surface area contributed by atoms with Crippen molar-refractivity contribution in [3.05, 3.63) is 59.7 Å². The summed E-state index contributed by atoms with van der Waals surface area (Å²) in [6.45, 7) is 0. The van der Waals surface area contributed by atoms with Crippen LogP contribution in [0.4, 0.5) is 37.7 Å². The van der Waals surface area contributed by atoms with Crippen molar-refractivity contribution in [1.29, 1.82) is 0 Å². The Labute approximate surface area is 147 Å². The monoisotopic (exact) mass is 396 g/mol. The van der Waals surface area contributed by atoms with Gasteiger partial charge in [-0.25, -0.2) is 0 Å². The smallest absolute Gasteiger partial charge is 0.298 e. The number of hydrogen-bond donors (Lipinski definition) is 2. The lowest BCUT2D eigenvalue weighted by Gasteiger charge is -2.12. The SMILES string of the molecule is O=S(Cc1cccc(NC(F)(F)F)c1)Cc1cccc(NC(F)(F)F)c1. The number of nitrogens with one attached hydrogen (secondary N) is 2. The third-order valence-electron chi connectivity index (χ3n) is 3.08. The van der Waals surface area contributed by atoms with E-state index in [9.17, 15) is 30.6 Å². The molecule has 3 nitrogen and oxygen atoms in total. The molecule has 2 N–H and O–H groups in total. The molecular weight excluding hydrogens is 382 g/mol. The maximum atomic E-state index is 12.3. The number of alkyl halides is 6. The van der Waals surface area contributed by atoms with Gasteiger partial charge in [-0.15, -0.1) is 0 Å². The van der Waals surface area contributed by atoms with Gasteiger partial charge in [-0.3, -0.25) is 14.8 Å². The Kier molecular flexibility index (Phi) is 6.17. The molecule has 0 unspecified atom stereocenters. The van der Waals surface area contributed by atoms with Gasteiger partial charge in [0.1, 0.15) is 0 Å². The van der Waals surface area contributed by atoms with Gasteiger partial charge in [-0.05, 0) is 35.4 Å². The van der Waals surface area contributed by atoms with E-state index >= 15 is 0 Å². The summed E-state index contributed by atoms with van der Waals surface area (Å²) in [6, 6.07) is 10.8. The lowest BCUT2D eigenvalue weighted by atomic mass is 10.2. The van der Waals surface area contributed by atoms with E-state index in [0.717, 1.165) is 0 Å². The fourth-order valence-corrected chi connectivity index (χ4v) is 3.43. The van der Waals surface area contributed by atoms with E-state index in [2.05, 4.69) is 0 Å². The van der Waals surface area contributed by atoms with Crippen LogP contribution < -0.4 is 10.6 Å². The van der Waals surface area contributed by atoms with Crippen molar-refractivity contribution in [3.63, 3.8) is 0 Å². The zero-order chi connectivity index (χ0) is 19.4. The predicted octanol–water partition coefficient (Wildman–Crippen LogP) is 5.00. The third-order valence-corrected chi connectivity index (χ3v) is 4.39. The topological polar surface area (TPSA) is 41.1 Å². The average Bonchev–Trinajstić information content (AvgIpc) is 2.43. The molecule has 10 heteroatoms. The summed E-state index contributed by atoms with van der Waals surface area (Å²) < 4.78 is 86.1. The van der Waals surface area contributed by atoms with E-state index < -0.39 is 23.4 Å². The first-order valence-electron chi connectivity index (χ1n) is 7.23. The minimum atomic E-state index is -4.58. The number of halogens is 6. The summed E-state index contributed by atoms with van der Waals surface area (Å²) in [5, 5.41) is 2.72. The normalized spacial score (nSPS) is 12.3. The van der Waals surface area contributed by atoms with Crippen LogP contribution in [0.15, 0.2) is 48.5 Å². The Morgan fingerprint density at radius 2 is 1.12 bits per heavy atom. The molecule has 2 rings (SSSR count). The first kappa shape index (κ1) is 20.1. The van der Waals surface area contributed by atoms with E-state index in [1.165, 1.54) is 59.2 Å². The highest BCUT2D eigenvalue weighted by molar-refractivity contribution is 7.83. The van der Waals surface area contributed by atoms with Gasteiger partial charge < -0.3 is 0 Å². The van der Waals surface area contributed by atoms with E-state index in [1.807, 2.05) is 0 Å². The molecule has 0 aliphatic rings. The minimum Gasteiger partial charge on any atom is -0.298 e. The predicted molar refractivity (Wildman–Crippen MR) is 87.8 cm³/mol. The molecule has 0 saturated carbocycles. The second-order valence-electron chi connectivity index (χ2n) is 5.37. The van der Waals surface area contributed by atoms with E-state index in [1.54, 1.807) is 0 Å². The molecule has 0 saturated heterocycles. The maximum absolute atomic E-state index is 12.3. The van der Waals surface area contributed by atoms with E-state index in [0.29, 0.717) is 11.1 Å². The van der Waals surface area contributed by atoms with Gasteiger partial charge in [0.2, 0.25) is 0 Å². The molecule has 0 spiro atoms. The van der Waals surface area contributed by atoms with Crippen molar-refractivity contribution >= 4 is 22.2 Å². The highest BCUT2D eigenvalue weighted by atomic mass is 32.2. The van der Waals surface area contributed by atoms with Crippen LogP contribution in [0.2, 0.25) is 0 Å². The van der Waals surface area contributed by atoms with Gasteiger partial charge in [-0.2, -0.15) is 26.3 Å². The first-order valence-corrected chi connectivity index (χ1v) is 8.72. The fourth-order valence-electron chi connectivity index (χ4n) is 2.23. The number of rotatable bonds is 6. The molecule has 0 radical (unpaired) electrons. The van der Waals surface area contributed by atoms with Gasteiger partial charge in [0, 0.05) is 33.7 Å². The van der Waals surface area contributed by atoms with Crippen molar-refractivity contribution in [3.8, 4) is 0 Å².